The summed E-state index contributed by atoms with van der Waals surface area (Å²) in [5.74, 6) is -2.97. The van der Waals surface area contributed by atoms with Gasteiger partial charge in [0, 0.05) is 0 Å². The van der Waals surface area contributed by atoms with Crippen LogP contribution in [0.25, 0.3) is 20.7 Å². The number of aromatic nitrogens is 6. The maximum Gasteiger partial charge on any atom is 0.323 e. The van der Waals surface area contributed by atoms with Gasteiger partial charge in [-0.2, -0.15) is 15.0 Å². The molecule has 6 rings (SSSR count). The quantitative estimate of drug-likeness (QED) is 0.0474. The molecule has 6 heterocycles. The molecule has 2 fully saturated rings. The number of nitrogens with zero attached hydrogens (tertiary/aromatic N) is 5. The molecular weight excluding hydrogens is 787 g/mol. The highest BCUT2D eigenvalue weighted by Crippen LogP contribution is 2.36. The highest BCUT2D eigenvalue weighted by atomic mass is 32.1. The number of nitrogens with two attached hydrogens (primary N) is 4. The van der Waals surface area contributed by atoms with Crippen LogP contribution >= 0.6 is 22.7 Å². The lowest BCUT2D eigenvalue weighted by molar-refractivity contribution is -0.153. The van der Waals surface area contributed by atoms with Crippen molar-refractivity contribution >= 4 is 73.0 Å². The van der Waals surface area contributed by atoms with Crippen LogP contribution in [0.3, 0.4) is 0 Å². The summed E-state index contributed by atoms with van der Waals surface area (Å²) in [5, 5.41) is 33.2. The molecule has 0 radical (unpaired) electrons. The molecule has 56 heavy (non-hydrogen) atoms. The summed E-state index contributed by atoms with van der Waals surface area (Å²) in [5.41, 5.74) is 25.0. The van der Waals surface area contributed by atoms with E-state index in [0.717, 1.165) is 9.13 Å². The Hall–Kier alpha value is -4.64. The van der Waals surface area contributed by atoms with Gasteiger partial charge in [-0.1, -0.05) is 50.4 Å². The molecule has 4 aromatic rings. The van der Waals surface area contributed by atoms with E-state index in [4.69, 9.17) is 46.7 Å². The number of thiazole rings is 2. The van der Waals surface area contributed by atoms with Crippen molar-refractivity contribution in [2.45, 2.75) is 88.9 Å². The largest absolute Gasteiger partial charge is 0.462 e. The fourth-order valence-corrected chi connectivity index (χ4v) is 7.61. The molecule has 0 aromatic carbocycles. The molecule has 306 valence electrons. The summed E-state index contributed by atoms with van der Waals surface area (Å²) in [6.07, 6.45) is -12.1. The van der Waals surface area contributed by atoms with Crippen LogP contribution in [0.1, 0.15) is 40.2 Å². The van der Waals surface area contributed by atoms with Gasteiger partial charge in [-0.15, -0.1) is 0 Å². The second-order valence-electron chi connectivity index (χ2n) is 13.7. The third-order valence-corrected chi connectivity index (χ3v) is 11.1. The average Bonchev–Trinajstić information content (AvgIpc) is 3.83. The summed E-state index contributed by atoms with van der Waals surface area (Å²) in [6, 6.07) is -1.94. The van der Waals surface area contributed by atoms with Gasteiger partial charge in [0.15, 0.2) is 29.6 Å². The Bertz CT molecular complexity index is 2290. The number of aliphatic hydroxyl groups is 3. The van der Waals surface area contributed by atoms with Crippen molar-refractivity contribution < 1.29 is 48.7 Å². The van der Waals surface area contributed by atoms with E-state index >= 15 is 0 Å². The van der Waals surface area contributed by atoms with Gasteiger partial charge in [0.1, 0.15) is 71.3 Å². The van der Waals surface area contributed by atoms with Gasteiger partial charge in [0.25, 0.3) is 5.56 Å². The molecule has 0 saturated carbocycles. The van der Waals surface area contributed by atoms with Crippen LogP contribution in [0.15, 0.2) is 14.4 Å². The lowest BCUT2D eigenvalue weighted by Gasteiger charge is -2.22. The molecule has 26 heteroatoms. The summed E-state index contributed by atoms with van der Waals surface area (Å²) in [4.78, 5) is 83.0. The summed E-state index contributed by atoms with van der Waals surface area (Å²) in [6.45, 7) is 5.84. The van der Waals surface area contributed by atoms with Crippen LogP contribution in [0.5, 0.6) is 0 Å². The number of fused-ring (bicyclic) bond motifs is 2. The van der Waals surface area contributed by atoms with Crippen LogP contribution < -0.4 is 43.7 Å². The van der Waals surface area contributed by atoms with Gasteiger partial charge >= 0.3 is 21.7 Å². The van der Waals surface area contributed by atoms with Crippen LogP contribution in [-0.2, 0) is 33.4 Å². The number of aliphatic hydroxyl groups excluding tert-OH is 3. The SMILES string of the molecule is CC(C)[C@H](N)C(=O)OC[C@H]1O[C@@H](n2c(=O)sc3c(NO[C@H]4[C@@H](O)[C@H](n5c(=O)sc6c(=O)[nH]c(N)nc65)O[C@@H]4COC(=O)[C@@H](N)C(C)C)nc(N)nc32)[C@H](O)[C@@H]1O. The molecule has 0 unspecified atom stereocenters. The minimum absolute atomic E-state index is 0.0158. The zero-order valence-electron chi connectivity index (χ0n) is 30.1. The number of rotatable bonds is 13. The van der Waals surface area contributed by atoms with E-state index in [1.807, 2.05) is 0 Å². The molecule has 13 N–H and O–H groups in total. The number of esters is 2. The lowest BCUT2D eigenvalue weighted by Crippen LogP contribution is -2.42. The Morgan fingerprint density at radius 3 is 1.91 bits per heavy atom. The molecule has 4 aromatic heterocycles. The molecule has 2 aliphatic heterocycles. The Labute approximate surface area is 322 Å². The van der Waals surface area contributed by atoms with Crippen molar-refractivity contribution in [3.8, 4) is 0 Å². The smallest absolute Gasteiger partial charge is 0.323 e. The number of hydrogen-bond donors (Lipinski definition) is 9. The maximum atomic E-state index is 13.4. The van der Waals surface area contributed by atoms with Crippen molar-refractivity contribution in [2.75, 3.05) is 30.2 Å². The molecule has 24 nitrogen and oxygen atoms in total. The van der Waals surface area contributed by atoms with Gasteiger partial charge in [-0.25, -0.2) is 5.48 Å². The summed E-state index contributed by atoms with van der Waals surface area (Å²) in [7, 11) is 0. The Morgan fingerprint density at radius 1 is 0.804 bits per heavy atom. The minimum atomic E-state index is -1.72. The van der Waals surface area contributed by atoms with Crippen LogP contribution in [-0.4, -0.2) is 118 Å². The van der Waals surface area contributed by atoms with Crippen molar-refractivity contribution in [2.24, 2.45) is 23.3 Å². The van der Waals surface area contributed by atoms with Gasteiger partial charge in [-0.05, 0) is 11.8 Å². The van der Waals surface area contributed by atoms with Gasteiger partial charge in [0.2, 0.25) is 11.9 Å². The Balaban J connectivity index is 1.28. The topological polar surface area (TPSA) is 373 Å². The number of carbonyl (C=O) groups excluding carboxylic acids is 2. The molecular formula is C30H41N11O13S2. The first kappa shape index (κ1) is 41.0. The summed E-state index contributed by atoms with van der Waals surface area (Å²) >= 11 is 1.10. The molecule has 0 aliphatic carbocycles. The standard InChI is InChI=1S/C30H41N11O13S2/c1-7(2)11(31)25(46)50-5-9-13(42)14(43)23(52-9)40-20-17(55-29(40)48)19(35-27(33)36-20)39-54-16-10(6-51-26(47)12(32)8(3)4)53-24(15(16)44)41-21-18(56-30(41)49)22(45)38-28(34)37-21/h7-16,23-24,42-44H,5-6,31-32H2,1-4H3,(H3,33,35,36,39)(H3,34,37,38,45)/t9-,10-,11+,12+,13-,14-,15-,16-,23-,24-/m1/s1. The molecule has 2 aliphatic rings. The minimum Gasteiger partial charge on any atom is -0.462 e. The van der Waals surface area contributed by atoms with Gasteiger partial charge in [0.05, 0.1) is 0 Å². The van der Waals surface area contributed by atoms with Crippen molar-refractivity contribution in [3.63, 3.8) is 0 Å². The van der Waals surface area contributed by atoms with Crippen LogP contribution in [0.4, 0.5) is 17.7 Å². The number of ether oxygens (including phenoxy) is 4. The van der Waals surface area contributed by atoms with Crippen molar-refractivity contribution in [1.82, 2.24) is 29.1 Å². The van der Waals surface area contributed by atoms with Crippen LogP contribution in [0, 0.1) is 11.8 Å². The highest BCUT2D eigenvalue weighted by Gasteiger charge is 2.49. The van der Waals surface area contributed by atoms with E-state index in [-0.39, 0.29) is 44.3 Å². The number of H-pyrrole nitrogens is 1. The second kappa shape index (κ2) is 16.1. The number of aromatic amines is 1. The number of nitrogen functional groups attached to an aromatic ring is 2. The van der Waals surface area contributed by atoms with E-state index in [1.54, 1.807) is 27.7 Å². The summed E-state index contributed by atoms with van der Waals surface area (Å²) < 4.78 is 24.1. The number of nitrogens with one attached hydrogen (secondary N) is 2. The Kier molecular flexibility index (Phi) is 11.8. The fourth-order valence-electron chi connectivity index (χ4n) is 5.88. The Morgan fingerprint density at radius 2 is 1.32 bits per heavy atom. The van der Waals surface area contributed by atoms with E-state index in [2.05, 4.69) is 25.4 Å². The van der Waals surface area contributed by atoms with Gasteiger partial charge < -0.3 is 57.2 Å². The molecule has 0 bridgehead atoms. The van der Waals surface area contributed by atoms with E-state index in [0.29, 0.717) is 22.7 Å². The number of hydrogen-bond acceptors (Lipinski definition) is 23. The predicted molar refractivity (Wildman–Crippen MR) is 197 cm³/mol. The van der Waals surface area contributed by atoms with E-state index in [1.165, 1.54) is 0 Å². The van der Waals surface area contributed by atoms with Crippen LogP contribution in [0.2, 0.25) is 0 Å². The average molecular weight is 828 g/mol. The first-order valence-electron chi connectivity index (χ1n) is 17.1. The lowest BCUT2D eigenvalue weighted by atomic mass is 10.1. The number of carbonyl (C=O) groups is 2. The molecule has 0 amide bonds. The zero-order chi connectivity index (χ0) is 40.9. The predicted octanol–water partition coefficient (Wildman–Crippen LogP) is -3.18. The molecule has 10 atom stereocenters. The monoisotopic (exact) mass is 827 g/mol. The zero-order valence-corrected chi connectivity index (χ0v) is 31.8. The van der Waals surface area contributed by atoms with E-state index < -0.39 is 108 Å². The number of anilines is 3. The maximum absolute atomic E-state index is 13.4. The van der Waals surface area contributed by atoms with Crippen molar-refractivity contribution in [1.29, 1.82) is 0 Å². The molecule has 0 spiro atoms. The normalized spacial score (nSPS) is 26.3. The third-order valence-electron chi connectivity index (χ3n) is 9.18. The highest BCUT2D eigenvalue weighted by molar-refractivity contribution is 7.17. The van der Waals surface area contributed by atoms with E-state index in [9.17, 15) is 39.3 Å². The van der Waals surface area contributed by atoms with Crippen molar-refractivity contribution in [3.05, 3.63) is 29.7 Å². The van der Waals surface area contributed by atoms with Gasteiger partial charge in [-0.3, -0.25) is 42.9 Å². The first-order valence-corrected chi connectivity index (χ1v) is 18.7. The second-order valence-corrected chi connectivity index (χ2v) is 15.7. The third kappa shape index (κ3) is 7.71. The molecule has 2 saturated heterocycles. The first-order chi connectivity index (χ1) is 26.4. The fraction of sp³-hybridized carbons (Fsp3) is 0.600.